The monoisotopic (exact) mass is 412 g/mol. The Morgan fingerprint density at radius 2 is 1.61 bits per heavy atom. The number of rotatable bonds is 7. The van der Waals surface area contributed by atoms with Gasteiger partial charge in [0.15, 0.2) is 0 Å². The van der Waals surface area contributed by atoms with Gasteiger partial charge in [-0.25, -0.2) is 9.59 Å². The summed E-state index contributed by atoms with van der Waals surface area (Å²) >= 11 is 6.19. The Morgan fingerprint density at radius 3 is 2.11 bits per heavy atom. The third-order valence-corrected chi connectivity index (χ3v) is 4.58. The summed E-state index contributed by atoms with van der Waals surface area (Å²) in [5, 5.41) is 0.376. The van der Waals surface area contributed by atoms with Crippen LogP contribution < -0.4 is 4.74 Å². The highest BCUT2D eigenvalue weighted by atomic mass is 35.5. The molecular formula is C20H25ClO7. The maximum absolute atomic E-state index is 13.0. The first-order valence-corrected chi connectivity index (χ1v) is 9.25. The largest absolute Gasteiger partial charge is 0.496 e. The third-order valence-electron chi connectivity index (χ3n) is 4.34. The summed E-state index contributed by atoms with van der Waals surface area (Å²) in [5.74, 6) is -2.84. The minimum absolute atomic E-state index is 0.0247. The summed E-state index contributed by atoms with van der Waals surface area (Å²) in [4.78, 5) is 25.7. The van der Waals surface area contributed by atoms with Crippen molar-refractivity contribution < 1.29 is 33.3 Å². The number of carbonyl (C=O) groups excluding carboxylic acids is 2. The van der Waals surface area contributed by atoms with Crippen LogP contribution in [0.3, 0.4) is 0 Å². The van der Waals surface area contributed by atoms with Crippen LogP contribution in [0.1, 0.15) is 33.3 Å². The number of hydrogen-bond donors (Lipinski definition) is 0. The van der Waals surface area contributed by atoms with Crippen LogP contribution in [0.4, 0.5) is 0 Å². The van der Waals surface area contributed by atoms with Gasteiger partial charge in [-0.15, -0.1) is 0 Å². The highest BCUT2D eigenvalue weighted by molar-refractivity contribution is 6.30. The number of benzene rings is 1. The third kappa shape index (κ3) is 3.74. The van der Waals surface area contributed by atoms with E-state index in [0.29, 0.717) is 16.3 Å². The van der Waals surface area contributed by atoms with Crippen LogP contribution in [0, 0.1) is 0 Å². The van der Waals surface area contributed by atoms with E-state index in [9.17, 15) is 9.59 Å². The van der Waals surface area contributed by atoms with Crippen molar-refractivity contribution in [2.75, 3.05) is 27.4 Å². The van der Waals surface area contributed by atoms with Crippen LogP contribution >= 0.6 is 11.6 Å². The molecule has 0 aromatic heterocycles. The molecule has 0 aliphatic carbocycles. The molecule has 0 saturated heterocycles. The number of esters is 2. The van der Waals surface area contributed by atoms with Gasteiger partial charge in [0, 0.05) is 12.1 Å². The normalized spacial score (nSPS) is 20.8. The number of halogens is 1. The van der Waals surface area contributed by atoms with Crippen molar-refractivity contribution in [2.24, 2.45) is 0 Å². The van der Waals surface area contributed by atoms with Crippen molar-refractivity contribution in [2.45, 2.75) is 39.1 Å². The van der Waals surface area contributed by atoms with E-state index < -0.39 is 23.3 Å². The van der Waals surface area contributed by atoms with Crippen LogP contribution in [-0.4, -0.2) is 45.0 Å². The zero-order chi connectivity index (χ0) is 21.1. The fourth-order valence-electron chi connectivity index (χ4n) is 3.30. The summed E-state index contributed by atoms with van der Waals surface area (Å²) in [6.45, 7) is 6.87. The van der Waals surface area contributed by atoms with Crippen molar-refractivity contribution in [3.05, 3.63) is 39.9 Å². The van der Waals surface area contributed by atoms with E-state index in [1.54, 1.807) is 45.9 Å². The van der Waals surface area contributed by atoms with Crippen LogP contribution in [0.15, 0.2) is 29.3 Å². The maximum atomic E-state index is 13.0. The fourth-order valence-corrected chi connectivity index (χ4v) is 3.47. The van der Waals surface area contributed by atoms with Gasteiger partial charge in [-0.2, -0.15) is 0 Å². The maximum Gasteiger partial charge on any atom is 0.340 e. The molecule has 0 amide bonds. The van der Waals surface area contributed by atoms with E-state index in [1.807, 2.05) is 0 Å². The standard InChI is InChI=1S/C20H25ClO7/c1-7-26-17(22)15-16(18(23)27-8-2)20(25-6,28-19(15,3)4)13-11-12(21)9-10-14(13)24-5/h9-11H,7-8H2,1-6H3. The molecule has 28 heavy (non-hydrogen) atoms. The average Bonchev–Trinajstić information content (AvgIpc) is 2.90. The molecule has 0 fully saturated rings. The Labute approximate surface area is 169 Å². The lowest BCUT2D eigenvalue weighted by Gasteiger charge is -2.33. The molecule has 1 aliphatic heterocycles. The minimum atomic E-state index is -1.77. The molecule has 8 heteroatoms. The van der Waals surface area contributed by atoms with Gasteiger partial charge in [-0.3, -0.25) is 0 Å². The highest BCUT2D eigenvalue weighted by Gasteiger charge is 2.59. The minimum Gasteiger partial charge on any atom is -0.496 e. The summed E-state index contributed by atoms with van der Waals surface area (Å²) < 4.78 is 27.7. The van der Waals surface area contributed by atoms with E-state index in [1.165, 1.54) is 14.2 Å². The van der Waals surface area contributed by atoms with E-state index in [0.717, 1.165) is 0 Å². The second-order valence-electron chi connectivity index (χ2n) is 6.47. The molecule has 0 bridgehead atoms. The first-order valence-electron chi connectivity index (χ1n) is 8.87. The van der Waals surface area contributed by atoms with Gasteiger partial charge >= 0.3 is 11.9 Å². The average molecular weight is 413 g/mol. The first-order chi connectivity index (χ1) is 13.2. The summed E-state index contributed by atoms with van der Waals surface area (Å²) in [5.41, 5.74) is -0.949. The number of hydrogen-bond acceptors (Lipinski definition) is 7. The summed E-state index contributed by atoms with van der Waals surface area (Å²) in [6, 6.07) is 4.82. The molecule has 1 unspecified atom stereocenters. The van der Waals surface area contributed by atoms with Crippen molar-refractivity contribution in [1.82, 2.24) is 0 Å². The van der Waals surface area contributed by atoms with E-state index in [4.69, 9.17) is 35.3 Å². The molecular weight excluding hydrogens is 388 g/mol. The SMILES string of the molecule is CCOC(=O)C1=C(C(=O)OCC)C(OC)(c2cc(Cl)ccc2OC)OC1(C)C. The van der Waals surface area contributed by atoms with Gasteiger partial charge < -0.3 is 23.7 Å². The van der Waals surface area contributed by atoms with Gasteiger partial charge in [0.2, 0.25) is 5.79 Å². The molecule has 0 radical (unpaired) electrons. The van der Waals surface area contributed by atoms with Crippen molar-refractivity contribution >= 4 is 23.5 Å². The zero-order valence-electron chi connectivity index (χ0n) is 16.9. The second kappa shape index (κ2) is 8.51. The van der Waals surface area contributed by atoms with E-state index in [2.05, 4.69) is 0 Å². The van der Waals surface area contributed by atoms with Crippen LogP contribution in [0.5, 0.6) is 5.75 Å². The Balaban J connectivity index is 2.87. The number of methoxy groups -OCH3 is 2. The van der Waals surface area contributed by atoms with Crippen LogP contribution in [-0.2, 0) is 34.3 Å². The molecule has 0 spiro atoms. The lowest BCUT2D eigenvalue weighted by molar-refractivity contribution is -0.232. The predicted molar refractivity (Wildman–Crippen MR) is 102 cm³/mol. The second-order valence-corrected chi connectivity index (χ2v) is 6.91. The molecule has 1 aromatic carbocycles. The first kappa shape index (κ1) is 22.2. The zero-order valence-corrected chi connectivity index (χ0v) is 17.6. The van der Waals surface area contributed by atoms with E-state index in [-0.39, 0.29) is 24.4 Å². The highest BCUT2D eigenvalue weighted by Crippen LogP contribution is 2.52. The summed E-state index contributed by atoms with van der Waals surface area (Å²) in [7, 11) is 2.83. The van der Waals surface area contributed by atoms with Crippen molar-refractivity contribution in [1.29, 1.82) is 0 Å². The molecule has 1 atom stereocenters. The van der Waals surface area contributed by atoms with E-state index >= 15 is 0 Å². The van der Waals surface area contributed by atoms with Gasteiger partial charge in [0.25, 0.3) is 0 Å². The Hall–Kier alpha value is -2.09. The molecule has 2 rings (SSSR count). The molecule has 0 N–H and O–H groups in total. The van der Waals surface area contributed by atoms with Gasteiger partial charge in [0.05, 0.1) is 37.1 Å². The molecule has 7 nitrogen and oxygen atoms in total. The molecule has 154 valence electrons. The number of ether oxygens (including phenoxy) is 5. The van der Waals surface area contributed by atoms with Gasteiger partial charge in [-0.1, -0.05) is 11.6 Å². The Bertz CT molecular complexity index is 800. The molecule has 0 saturated carbocycles. The number of carbonyl (C=O) groups is 2. The Kier molecular flexibility index (Phi) is 6.75. The topological polar surface area (TPSA) is 80.3 Å². The molecule has 1 aromatic rings. The lowest BCUT2D eigenvalue weighted by atomic mass is 9.90. The molecule has 1 heterocycles. The van der Waals surface area contributed by atoms with Crippen LogP contribution in [0.25, 0.3) is 0 Å². The smallest absolute Gasteiger partial charge is 0.340 e. The predicted octanol–water partition coefficient (Wildman–Crippen LogP) is 3.38. The molecule has 1 aliphatic rings. The summed E-state index contributed by atoms with van der Waals surface area (Å²) in [6.07, 6.45) is 0. The Morgan fingerprint density at radius 1 is 1.04 bits per heavy atom. The van der Waals surface area contributed by atoms with Crippen molar-refractivity contribution in [3.8, 4) is 5.75 Å². The quantitative estimate of drug-likeness (QED) is 0.635. The van der Waals surface area contributed by atoms with Crippen molar-refractivity contribution in [3.63, 3.8) is 0 Å². The van der Waals surface area contributed by atoms with Gasteiger partial charge in [0.1, 0.15) is 11.3 Å². The fraction of sp³-hybridized carbons (Fsp3) is 0.500. The van der Waals surface area contributed by atoms with Crippen LogP contribution in [0.2, 0.25) is 5.02 Å². The lowest BCUT2D eigenvalue weighted by Crippen LogP contribution is -2.38. The van der Waals surface area contributed by atoms with Gasteiger partial charge in [-0.05, 0) is 45.9 Å².